The molecule has 1 rings (SSSR count). The summed E-state index contributed by atoms with van der Waals surface area (Å²) >= 11 is 2.99. The van der Waals surface area contributed by atoms with Crippen LogP contribution in [0.5, 0.6) is 0 Å². The zero-order valence-corrected chi connectivity index (χ0v) is 9.11. The van der Waals surface area contributed by atoms with Gasteiger partial charge in [0.2, 0.25) is 0 Å². The minimum absolute atomic E-state index is 0.359. The molecule has 1 aromatic heterocycles. The van der Waals surface area contributed by atoms with Crippen molar-refractivity contribution in [2.24, 2.45) is 0 Å². The number of thioether (sulfide) groups is 1. The Labute approximate surface area is 85.2 Å². The van der Waals surface area contributed by atoms with Gasteiger partial charge in [0.25, 0.3) is 0 Å². The first kappa shape index (κ1) is 10.5. The normalized spacial score (nSPS) is 12.8. The molecule has 0 bridgehead atoms. The quantitative estimate of drug-likeness (QED) is 0.839. The summed E-state index contributed by atoms with van der Waals surface area (Å²) in [4.78, 5) is 14.7. The largest absolute Gasteiger partial charge is 0.480 e. The van der Waals surface area contributed by atoms with Crippen molar-refractivity contribution in [3.63, 3.8) is 0 Å². The van der Waals surface area contributed by atoms with Gasteiger partial charge in [-0.25, -0.2) is 4.98 Å². The van der Waals surface area contributed by atoms with Crippen LogP contribution < -0.4 is 0 Å². The van der Waals surface area contributed by atoms with Crippen molar-refractivity contribution in [3.05, 3.63) is 16.1 Å². The molecule has 0 saturated carbocycles. The molecule has 0 amide bonds. The molecule has 1 heterocycles. The second-order valence-corrected chi connectivity index (χ2v) is 5.04. The Bertz CT molecular complexity index is 298. The van der Waals surface area contributed by atoms with Gasteiger partial charge in [-0.2, -0.15) is 0 Å². The standard InChI is InChI=1S/C8H11NO2S2/c1-5(8(10)11)12-3-7-4-13-6(2)9-7/h4-5H,3H2,1-2H3,(H,10,11). The summed E-state index contributed by atoms with van der Waals surface area (Å²) in [5, 5.41) is 11.3. The molecule has 0 aliphatic heterocycles. The van der Waals surface area contributed by atoms with E-state index < -0.39 is 5.97 Å². The van der Waals surface area contributed by atoms with Crippen LogP contribution in [0.3, 0.4) is 0 Å². The number of carboxylic acid groups (broad SMARTS) is 1. The van der Waals surface area contributed by atoms with Crippen LogP contribution >= 0.6 is 23.1 Å². The molecule has 1 aromatic rings. The molecule has 13 heavy (non-hydrogen) atoms. The number of nitrogens with zero attached hydrogens (tertiary/aromatic N) is 1. The molecule has 1 unspecified atom stereocenters. The second kappa shape index (κ2) is 4.62. The van der Waals surface area contributed by atoms with Gasteiger partial charge in [0, 0.05) is 11.1 Å². The maximum Gasteiger partial charge on any atom is 0.316 e. The Kier molecular flexibility index (Phi) is 3.74. The number of hydrogen-bond acceptors (Lipinski definition) is 4. The van der Waals surface area contributed by atoms with E-state index in [0.29, 0.717) is 5.75 Å². The van der Waals surface area contributed by atoms with Crippen LogP contribution in [0.1, 0.15) is 17.6 Å². The molecule has 1 N–H and O–H groups in total. The first-order valence-electron chi connectivity index (χ1n) is 3.85. The molecule has 72 valence electrons. The summed E-state index contributed by atoms with van der Waals surface area (Å²) in [6, 6.07) is 0. The molecule has 0 aliphatic carbocycles. The number of aryl methyl sites for hydroxylation is 1. The summed E-state index contributed by atoms with van der Waals surface area (Å²) in [6.45, 7) is 3.63. The lowest BCUT2D eigenvalue weighted by Gasteiger charge is -2.02. The molecule has 0 radical (unpaired) electrons. The van der Waals surface area contributed by atoms with Gasteiger partial charge in [-0.15, -0.1) is 23.1 Å². The highest BCUT2D eigenvalue weighted by atomic mass is 32.2. The van der Waals surface area contributed by atoms with E-state index in [-0.39, 0.29) is 5.25 Å². The molecule has 1 atom stereocenters. The zero-order chi connectivity index (χ0) is 9.84. The summed E-state index contributed by atoms with van der Waals surface area (Å²) in [5.74, 6) is -0.0883. The summed E-state index contributed by atoms with van der Waals surface area (Å²) in [6.07, 6.45) is 0. The first-order valence-corrected chi connectivity index (χ1v) is 5.78. The van der Waals surface area contributed by atoms with E-state index in [1.165, 1.54) is 11.8 Å². The second-order valence-electron chi connectivity index (χ2n) is 2.65. The predicted octanol–water partition coefficient (Wildman–Crippen LogP) is 2.16. The third-order valence-electron chi connectivity index (χ3n) is 1.50. The number of carboxylic acids is 1. The van der Waals surface area contributed by atoms with Crippen LogP contribution in [-0.2, 0) is 10.5 Å². The van der Waals surface area contributed by atoms with Crippen LogP contribution in [0.2, 0.25) is 0 Å². The number of thiazole rings is 1. The lowest BCUT2D eigenvalue weighted by atomic mass is 10.5. The van der Waals surface area contributed by atoms with Gasteiger partial charge in [-0.3, -0.25) is 4.79 Å². The third kappa shape index (κ3) is 3.36. The van der Waals surface area contributed by atoms with Crippen molar-refractivity contribution in [3.8, 4) is 0 Å². The van der Waals surface area contributed by atoms with Gasteiger partial charge in [-0.1, -0.05) is 0 Å². The Morgan fingerprint density at radius 1 is 1.85 bits per heavy atom. The molecule has 3 nitrogen and oxygen atoms in total. The van der Waals surface area contributed by atoms with E-state index >= 15 is 0 Å². The highest BCUT2D eigenvalue weighted by Gasteiger charge is 2.11. The molecule has 0 fully saturated rings. The number of rotatable bonds is 4. The van der Waals surface area contributed by atoms with E-state index in [1.807, 2.05) is 12.3 Å². The van der Waals surface area contributed by atoms with Crippen LogP contribution in [0.4, 0.5) is 0 Å². The smallest absolute Gasteiger partial charge is 0.316 e. The fraction of sp³-hybridized carbons (Fsp3) is 0.500. The molecule has 0 aliphatic rings. The highest BCUT2D eigenvalue weighted by molar-refractivity contribution is 7.99. The van der Waals surface area contributed by atoms with Gasteiger partial charge in [-0.05, 0) is 13.8 Å². The fourth-order valence-electron chi connectivity index (χ4n) is 0.756. The Morgan fingerprint density at radius 3 is 3.00 bits per heavy atom. The monoisotopic (exact) mass is 217 g/mol. The molecular weight excluding hydrogens is 206 g/mol. The van der Waals surface area contributed by atoms with E-state index in [2.05, 4.69) is 4.98 Å². The Balaban J connectivity index is 2.39. The minimum atomic E-state index is -0.767. The number of aliphatic carboxylic acids is 1. The first-order chi connectivity index (χ1) is 6.09. The van der Waals surface area contributed by atoms with Gasteiger partial charge >= 0.3 is 5.97 Å². The van der Waals surface area contributed by atoms with Crippen LogP contribution in [0, 0.1) is 6.92 Å². The number of carbonyl (C=O) groups is 1. The Morgan fingerprint density at radius 2 is 2.54 bits per heavy atom. The maximum atomic E-state index is 10.5. The van der Waals surface area contributed by atoms with E-state index in [0.717, 1.165) is 10.7 Å². The van der Waals surface area contributed by atoms with E-state index in [9.17, 15) is 4.79 Å². The average Bonchev–Trinajstić information content (AvgIpc) is 2.47. The topological polar surface area (TPSA) is 50.2 Å². The zero-order valence-electron chi connectivity index (χ0n) is 7.48. The SMILES string of the molecule is Cc1nc(CSC(C)C(=O)O)cs1. The van der Waals surface area contributed by atoms with E-state index in [4.69, 9.17) is 5.11 Å². The van der Waals surface area contributed by atoms with Gasteiger partial charge in [0.1, 0.15) is 0 Å². The van der Waals surface area contributed by atoms with Crippen molar-refractivity contribution in [2.45, 2.75) is 24.9 Å². The summed E-state index contributed by atoms with van der Waals surface area (Å²) < 4.78 is 0. The maximum absolute atomic E-state index is 10.5. The molecule has 0 aromatic carbocycles. The van der Waals surface area contributed by atoms with E-state index in [1.54, 1.807) is 18.3 Å². The highest BCUT2D eigenvalue weighted by Crippen LogP contribution is 2.19. The third-order valence-corrected chi connectivity index (χ3v) is 3.48. The van der Waals surface area contributed by atoms with Crippen molar-refractivity contribution in [1.29, 1.82) is 0 Å². The van der Waals surface area contributed by atoms with Gasteiger partial charge < -0.3 is 5.11 Å². The predicted molar refractivity (Wildman–Crippen MR) is 55.2 cm³/mol. The average molecular weight is 217 g/mol. The number of hydrogen-bond donors (Lipinski definition) is 1. The van der Waals surface area contributed by atoms with Gasteiger partial charge in [0.15, 0.2) is 0 Å². The lowest BCUT2D eigenvalue weighted by Crippen LogP contribution is -2.11. The lowest BCUT2D eigenvalue weighted by molar-refractivity contribution is -0.136. The van der Waals surface area contributed by atoms with Gasteiger partial charge in [0.05, 0.1) is 16.0 Å². The molecular formula is C8H11NO2S2. The van der Waals surface area contributed by atoms with Crippen molar-refractivity contribution >= 4 is 29.1 Å². The minimum Gasteiger partial charge on any atom is -0.480 e. The number of aromatic nitrogens is 1. The van der Waals surface area contributed by atoms with Crippen LogP contribution in [-0.4, -0.2) is 21.3 Å². The Hall–Kier alpha value is -0.550. The fourth-order valence-corrected chi connectivity index (χ4v) is 2.19. The molecule has 0 spiro atoms. The molecule has 5 heteroatoms. The van der Waals surface area contributed by atoms with Crippen molar-refractivity contribution in [2.75, 3.05) is 0 Å². The molecule has 0 saturated heterocycles. The van der Waals surface area contributed by atoms with Crippen molar-refractivity contribution < 1.29 is 9.90 Å². The van der Waals surface area contributed by atoms with Crippen LogP contribution in [0.25, 0.3) is 0 Å². The summed E-state index contributed by atoms with van der Waals surface area (Å²) in [5.41, 5.74) is 0.973. The van der Waals surface area contributed by atoms with Crippen LogP contribution in [0.15, 0.2) is 5.38 Å². The summed E-state index contributed by atoms with van der Waals surface area (Å²) in [7, 11) is 0. The van der Waals surface area contributed by atoms with Crippen molar-refractivity contribution in [1.82, 2.24) is 4.98 Å².